The van der Waals surface area contributed by atoms with E-state index in [1.165, 1.54) is 0 Å². The van der Waals surface area contributed by atoms with E-state index in [0.717, 1.165) is 16.8 Å². The molecule has 0 saturated carbocycles. The number of hydrogen-bond donors (Lipinski definition) is 1. The smallest absolute Gasteiger partial charge is 0.221 e. The van der Waals surface area contributed by atoms with Gasteiger partial charge in [0.15, 0.2) is 11.5 Å². The summed E-state index contributed by atoms with van der Waals surface area (Å²) in [4.78, 5) is 12.7. The predicted molar refractivity (Wildman–Crippen MR) is 88.2 cm³/mol. The highest BCUT2D eigenvalue weighted by Gasteiger charge is 2.10. The molecule has 6 nitrogen and oxygen atoms in total. The summed E-state index contributed by atoms with van der Waals surface area (Å²) in [6.45, 7) is 0. The van der Waals surface area contributed by atoms with Gasteiger partial charge in [0.2, 0.25) is 5.95 Å². The Hall–Kier alpha value is -3.15. The number of nitrogens with zero attached hydrogens (tertiary/aromatic N) is 3. The first-order chi connectivity index (χ1) is 11.2. The molecular formula is C17H16N4O2. The standard InChI is InChI=1S/C17H16N4O2/c1-22-15-6-5-11(8-16(15)23-2)13-9-14(21-17(18)20-13)12-4-3-7-19-10-12/h3-10H,1-2H3,(H2,18,20,21). The van der Waals surface area contributed by atoms with Gasteiger partial charge in [0.25, 0.3) is 0 Å². The monoisotopic (exact) mass is 308 g/mol. The summed E-state index contributed by atoms with van der Waals surface area (Å²) in [7, 11) is 3.19. The number of aromatic nitrogens is 3. The summed E-state index contributed by atoms with van der Waals surface area (Å²) in [5.41, 5.74) is 9.03. The SMILES string of the molecule is COc1ccc(-c2cc(-c3cccnc3)nc(N)n2)cc1OC. The molecule has 0 fully saturated rings. The van der Waals surface area contributed by atoms with Gasteiger partial charge in [-0.25, -0.2) is 9.97 Å². The van der Waals surface area contributed by atoms with Crippen LogP contribution in [0.2, 0.25) is 0 Å². The summed E-state index contributed by atoms with van der Waals surface area (Å²) in [6.07, 6.45) is 3.45. The Morgan fingerprint density at radius 1 is 0.870 bits per heavy atom. The van der Waals surface area contributed by atoms with E-state index in [0.29, 0.717) is 17.2 Å². The number of nitrogen functional groups attached to an aromatic ring is 1. The quantitative estimate of drug-likeness (QED) is 0.798. The zero-order valence-electron chi connectivity index (χ0n) is 12.9. The van der Waals surface area contributed by atoms with Crippen LogP contribution in [0.4, 0.5) is 5.95 Å². The number of ether oxygens (including phenoxy) is 2. The van der Waals surface area contributed by atoms with Crippen LogP contribution in [0.1, 0.15) is 0 Å². The average molecular weight is 308 g/mol. The molecule has 0 aliphatic carbocycles. The molecule has 0 unspecified atom stereocenters. The summed E-state index contributed by atoms with van der Waals surface area (Å²) in [6, 6.07) is 11.2. The number of rotatable bonds is 4. The normalized spacial score (nSPS) is 10.3. The van der Waals surface area contributed by atoms with Crippen molar-refractivity contribution < 1.29 is 9.47 Å². The summed E-state index contributed by atoms with van der Waals surface area (Å²) in [5, 5.41) is 0. The molecule has 0 amide bonds. The van der Waals surface area contributed by atoms with Crippen LogP contribution in [0, 0.1) is 0 Å². The number of benzene rings is 1. The second kappa shape index (κ2) is 6.31. The van der Waals surface area contributed by atoms with Crippen LogP contribution in [-0.4, -0.2) is 29.2 Å². The van der Waals surface area contributed by atoms with Gasteiger partial charge in [-0.2, -0.15) is 0 Å². The maximum Gasteiger partial charge on any atom is 0.221 e. The van der Waals surface area contributed by atoms with Crippen LogP contribution in [-0.2, 0) is 0 Å². The van der Waals surface area contributed by atoms with Crippen LogP contribution >= 0.6 is 0 Å². The topological polar surface area (TPSA) is 83.2 Å². The van der Waals surface area contributed by atoms with Crippen molar-refractivity contribution >= 4 is 5.95 Å². The second-order valence-electron chi connectivity index (χ2n) is 4.81. The molecule has 1 aromatic carbocycles. The lowest BCUT2D eigenvalue weighted by molar-refractivity contribution is 0.355. The lowest BCUT2D eigenvalue weighted by Gasteiger charge is -2.10. The first-order valence-corrected chi connectivity index (χ1v) is 6.98. The van der Waals surface area contributed by atoms with Crippen molar-refractivity contribution in [1.29, 1.82) is 0 Å². The number of methoxy groups -OCH3 is 2. The van der Waals surface area contributed by atoms with E-state index in [1.54, 1.807) is 26.6 Å². The zero-order valence-corrected chi connectivity index (χ0v) is 12.9. The summed E-state index contributed by atoms with van der Waals surface area (Å²) in [5.74, 6) is 1.49. The van der Waals surface area contributed by atoms with Gasteiger partial charge >= 0.3 is 0 Å². The Morgan fingerprint density at radius 2 is 1.61 bits per heavy atom. The Bertz CT molecular complexity index is 822. The number of hydrogen-bond acceptors (Lipinski definition) is 6. The van der Waals surface area contributed by atoms with Crippen molar-refractivity contribution in [2.45, 2.75) is 0 Å². The van der Waals surface area contributed by atoms with Gasteiger partial charge in [-0.3, -0.25) is 4.98 Å². The molecule has 116 valence electrons. The van der Waals surface area contributed by atoms with E-state index in [2.05, 4.69) is 15.0 Å². The van der Waals surface area contributed by atoms with Gasteiger partial charge in [-0.1, -0.05) is 0 Å². The fourth-order valence-corrected chi connectivity index (χ4v) is 2.27. The van der Waals surface area contributed by atoms with Crippen molar-refractivity contribution in [2.24, 2.45) is 0 Å². The van der Waals surface area contributed by atoms with Crippen molar-refractivity contribution in [1.82, 2.24) is 15.0 Å². The Kier molecular flexibility index (Phi) is 4.05. The Balaban J connectivity index is 2.09. The van der Waals surface area contributed by atoms with Gasteiger partial charge in [0.1, 0.15) is 0 Å². The minimum atomic E-state index is 0.205. The molecule has 0 atom stereocenters. The minimum absolute atomic E-state index is 0.205. The number of pyridine rings is 1. The Labute approximate surface area is 134 Å². The maximum atomic E-state index is 5.86. The highest BCUT2D eigenvalue weighted by Crippen LogP contribution is 2.32. The van der Waals surface area contributed by atoms with Gasteiger partial charge < -0.3 is 15.2 Å². The van der Waals surface area contributed by atoms with E-state index < -0.39 is 0 Å². The molecule has 0 saturated heterocycles. The number of anilines is 1. The maximum absolute atomic E-state index is 5.86. The average Bonchev–Trinajstić information content (AvgIpc) is 2.61. The van der Waals surface area contributed by atoms with Crippen LogP contribution in [0.5, 0.6) is 11.5 Å². The highest BCUT2D eigenvalue weighted by molar-refractivity contribution is 5.70. The molecule has 0 aliphatic rings. The third kappa shape index (κ3) is 3.06. The minimum Gasteiger partial charge on any atom is -0.493 e. The fraction of sp³-hybridized carbons (Fsp3) is 0.118. The van der Waals surface area contributed by atoms with Gasteiger partial charge in [0, 0.05) is 23.5 Å². The van der Waals surface area contributed by atoms with Crippen molar-refractivity contribution in [3.63, 3.8) is 0 Å². The third-order valence-corrected chi connectivity index (χ3v) is 3.38. The summed E-state index contributed by atoms with van der Waals surface area (Å²) < 4.78 is 10.6. The van der Waals surface area contributed by atoms with Gasteiger partial charge in [-0.15, -0.1) is 0 Å². The van der Waals surface area contributed by atoms with Crippen LogP contribution in [0.3, 0.4) is 0 Å². The molecule has 6 heteroatoms. The van der Waals surface area contributed by atoms with Crippen LogP contribution in [0.25, 0.3) is 22.5 Å². The highest BCUT2D eigenvalue weighted by atomic mass is 16.5. The molecule has 0 aliphatic heterocycles. The van der Waals surface area contributed by atoms with Gasteiger partial charge in [0.05, 0.1) is 25.6 Å². The molecular weight excluding hydrogens is 292 g/mol. The number of nitrogens with two attached hydrogens (primary N) is 1. The first kappa shape index (κ1) is 14.8. The fourth-order valence-electron chi connectivity index (χ4n) is 2.27. The van der Waals surface area contributed by atoms with Crippen LogP contribution in [0.15, 0.2) is 48.8 Å². The molecule has 2 heterocycles. The Morgan fingerprint density at radius 3 is 2.26 bits per heavy atom. The summed E-state index contributed by atoms with van der Waals surface area (Å²) >= 11 is 0. The van der Waals surface area contributed by atoms with E-state index >= 15 is 0 Å². The molecule has 2 N–H and O–H groups in total. The first-order valence-electron chi connectivity index (χ1n) is 6.98. The van der Waals surface area contributed by atoms with E-state index in [4.69, 9.17) is 15.2 Å². The van der Waals surface area contributed by atoms with E-state index in [-0.39, 0.29) is 5.95 Å². The predicted octanol–water partition coefficient (Wildman–Crippen LogP) is 2.80. The molecule has 0 bridgehead atoms. The van der Waals surface area contributed by atoms with E-state index in [9.17, 15) is 0 Å². The zero-order chi connectivity index (χ0) is 16.2. The lowest BCUT2D eigenvalue weighted by atomic mass is 10.1. The van der Waals surface area contributed by atoms with Crippen molar-refractivity contribution in [3.8, 4) is 34.0 Å². The third-order valence-electron chi connectivity index (χ3n) is 3.38. The molecule has 3 rings (SSSR count). The van der Waals surface area contributed by atoms with E-state index in [1.807, 2.05) is 36.4 Å². The molecule has 3 aromatic rings. The lowest BCUT2D eigenvalue weighted by Crippen LogP contribution is -1.99. The largest absolute Gasteiger partial charge is 0.493 e. The second-order valence-corrected chi connectivity index (χ2v) is 4.81. The van der Waals surface area contributed by atoms with Crippen molar-refractivity contribution in [2.75, 3.05) is 20.0 Å². The molecule has 0 spiro atoms. The molecule has 23 heavy (non-hydrogen) atoms. The van der Waals surface area contributed by atoms with Crippen molar-refractivity contribution in [3.05, 3.63) is 48.8 Å². The molecule has 2 aromatic heterocycles. The molecule has 0 radical (unpaired) electrons. The van der Waals surface area contributed by atoms with Gasteiger partial charge in [-0.05, 0) is 36.4 Å². The van der Waals surface area contributed by atoms with Crippen LogP contribution < -0.4 is 15.2 Å².